The first kappa shape index (κ1) is 14.5. The van der Waals surface area contributed by atoms with E-state index in [1.165, 1.54) is 0 Å². The highest BCUT2D eigenvalue weighted by Gasteiger charge is 2.11. The van der Waals surface area contributed by atoms with Crippen molar-refractivity contribution >= 4 is 5.91 Å². The molecule has 1 unspecified atom stereocenters. The molecule has 0 spiro atoms. The highest BCUT2D eigenvalue weighted by molar-refractivity contribution is 5.78. The monoisotopic (exact) mass is 251 g/mol. The third-order valence-corrected chi connectivity index (χ3v) is 2.64. The van der Waals surface area contributed by atoms with E-state index in [1.54, 1.807) is 0 Å². The van der Waals surface area contributed by atoms with E-state index in [1.807, 2.05) is 37.3 Å². The van der Waals surface area contributed by atoms with Crippen LogP contribution in [0.4, 0.5) is 0 Å². The Kier molecular flexibility index (Phi) is 6.87. The van der Waals surface area contributed by atoms with Gasteiger partial charge in [-0.05, 0) is 25.0 Å². The Labute approximate surface area is 108 Å². The lowest BCUT2D eigenvalue weighted by atomic mass is 10.1. The molecule has 0 fully saturated rings. The Balaban J connectivity index is 2.16. The molecule has 0 aromatic heterocycles. The Bertz CT molecular complexity index is 340. The average Bonchev–Trinajstić information content (AvgIpc) is 2.40. The number of aliphatic hydroxyl groups is 1. The van der Waals surface area contributed by atoms with Crippen LogP contribution < -0.4 is 10.1 Å². The summed E-state index contributed by atoms with van der Waals surface area (Å²) in [5.74, 6) is 0.762. The molecule has 0 heterocycles. The molecule has 2 N–H and O–H groups in total. The van der Waals surface area contributed by atoms with Gasteiger partial charge in [-0.15, -0.1) is 0 Å². The molecule has 1 rings (SSSR count). The maximum Gasteiger partial charge on any atom is 0.222 e. The number of aliphatic hydroxyl groups excluding tert-OH is 1. The molecule has 1 aromatic rings. The van der Waals surface area contributed by atoms with Crippen LogP contribution in [0, 0.1) is 5.92 Å². The Hall–Kier alpha value is -1.55. The Morgan fingerprint density at radius 3 is 2.78 bits per heavy atom. The van der Waals surface area contributed by atoms with Gasteiger partial charge in [-0.1, -0.05) is 25.1 Å². The van der Waals surface area contributed by atoms with Gasteiger partial charge in [0, 0.05) is 19.1 Å². The van der Waals surface area contributed by atoms with E-state index in [9.17, 15) is 4.79 Å². The molecule has 0 aliphatic heterocycles. The number of nitrogens with one attached hydrogen (secondary N) is 1. The van der Waals surface area contributed by atoms with Crippen LogP contribution in [0.15, 0.2) is 30.3 Å². The van der Waals surface area contributed by atoms with Gasteiger partial charge in [0.05, 0.1) is 6.61 Å². The van der Waals surface area contributed by atoms with Crippen LogP contribution >= 0.6 is 0 Å². The van der Waals surface area contributed by atoms with Gasteiger partial charge in [-0.25, -0.2) is 0 Å². The molecule has 18 heavy (non-hydrogen) atoms. The van der Waals surface area contributed by atoms with Crippen LogP contribution in [-0.2, 0) is 4.79 Å². The lowest BCUT2D eigenvalue weighted by molar-refractivity contribution is -0.124. The molecule has 1 aromatic carbocycles. The van der Waals surface area contributed by atoms with Gasteiger partial charge < -0.3 is 15.2 Å². The second kappa shape index (κ2) is 8.53. The van der Waals surface area contributed by atoms with Crippen LogP contribution in [0.3, 0.4) is 0 Å². The molecule has 1 amide bonds. The van der Waals surface area contributed by atoms with Crippen molar-refractivity contribution in [2.24, 2.45) is 5.92 Å². The Morgan fingerprint density at radius 1 is 1.39 bits per heavy atom. The van der Waals surface area contributed by atoms with E-state index in [0.29, 0.717) is 26.0 Å². The van der Waals surface area contributed by atoms with Crippen molar-refractivity contribution in [3.63, 3.8) is 0 Å². The number of hydrogen-bond acceptors (Lipinski definition) is 3. The van der Waals surface area contributed by atoms with Crippen LogP contribution in [0.2, 0.25) is 0 Å². The molecular formula is C14H21NO3. The fourth-order valence-corrected chi connectivity index (χ4v) is 1.47. The van der Waals surface area contributed by atoms with Crippen molar-refractivity contribution in [3.05, 3.63) is 30.3 Å². The van der Waals surface area contributed by atoms with Crippen molar-refractivity contribution < 1.29 is 14.6 Å². The lowest BCUT2D eigenvalue weighted by Gasteiger charge is -2.12. The number of carbonyl (C=O) groups is 1. The number of para-hydroxylation sites is 1. The average molecular weight is 251 g/mol. The van der Waals surface area contributed by atoms with Gasteiger partial charge >= 0.3 is 0 Å². The lowest BCUT2D eigenvalue weighted by Crippen LogP contribution is -2.31. The minimum absolute atomic E-state index is 0.0140. The molecule has 4 nitrogen and oxygen atoms in total. The molecule has 0 saturated carbocycles. The third-order valence-electron chi connectivity index (χ3n) is 2.64. The highest BCUT2D eigenvalue weighted by atomic mass is 16.5. The molecule has 0 aliphatic rings. The number of ether oxygens (including phenoxy) is 1. The number of hydrogen-bond donors (Lipinski definition) is 2. The van der Waals surface area contributed by atoms with Gasteiger partial charge in [-0.2, -0.15) is 0 Å². The van der Waals surface area contributed by atoms with E-state index in [-0.39, 0.29) is 18.4 Å². The van der Waals surface area contributed by atoms with Crippen molar-refractivity contribution in [1.82, 2.24) is 5.32 Å². The summed E-state index contributed by atoms with van der Waals surface area (Å²) in [7, 11) is 0. The van der Waals surface area contributed by atoms with Gasteiger partial charge in [0.2, 0.25) is 5.91 Å². The first-order valence-corrected chi connectivity index (χ1v) is 6.30. The Morgan fingerprint density at radius 2 is 2.11 bits per heavy atom. The van der Waals surface area contributed by atoms with Crippen LogP contribution in [-0.4, -0.2) is 30.8 Å². The van der Waals surface area contributed by atoms with E-state index in [2.05, 4.69) is 5.32 Å². The molecule has 4 heteroatoms. The summed E-state index contributed by atoms with van der Waals surface area (Å²) in [5, 5.41) is 11.4. The minimum Gasteiger partial charge on any atom is -0.494 e. The summed E-state index contributed by atoms with van der Waals surface area (Å²) in [6.07, 6.45) is 1.28. The SMILES string of the molecule is CC(CCOc1ccccc1)C(=O)NCCCO. The van der Waals surface area contributed by atoms with Crippen molar-refractivity contribution in [2.75, 3.05) is 19.8 Å². The number of amides is 1. The summed E-state index contributed by atoms with van der Waals surface area (Å²) < 4.78 is 5.53. The predicted molar refractivity (Wildman–Crippen MR) is 70.4 cm³/mol. The zero-order valence-corrected chi connectivity index (χ0v) is 10.8. The molecule has 0 aliphatic carbocycles. The number of rotatable bonds is 8. The van der Waals surface area contributed by atoms with E-state index in [4.69, 9.17) is 9.84 Å². The fraction of sp³-hybridized carbons (Fsp3) is 0.500. The molecule has 0 radical (unpaired) electrons. The smallest absolute Gasteiger partial charge is 0.222 e. The first-order valence-electron chi connectivity index (χ1n) is 6.30. The van der Waals surface area contributed by atoms with Gasteiger partial charge in [0.1, 0.15) is 5.75 Å². The van der Waals surface area contributed by atoms with E-state index >= 15 is 0 Å². The normalized spacial score (nSPS) is 11.9. The number of benzene rings is 1. The quantitative estimate of drug-likeness (QED) is 0.690. The second-order valence-electron chi connectivity index (χ2n) is 4.22. The summed E-state index contributed by atoms with van der Waals surface area (Å²) in [6, 6.07) is 9.56. The van der Waals surface area contributed by atoms with Gasteiger partial charge in [-0.3, -0.25) is 4.79 Å². The topological polar surface area (TPSA) is 58.6 Å². The van der Waals surface area contributed by atoms with Gasteiger partial charge in [0.15, 0.2) is 0 Å². The summed E-state index contributed by atoms with van der Waals surface area (Å²) in [5.41, 5.74) is 0. The number of carbonyl (C=O) groups excluding carboxylic acids is 1. The summed E-state index contributed by atoms with van der Waals surface area (Å²) in [6.45, 7) is 3.03. The van der Waals surface area contributed by atoms with Crippen LogP contribution in [0.1, 0.15) is 19.8 Å². The summed E-state index contributed by atoms with van der Waals surface area (Å²) in [4.78, 5) is 11.6. The zero-order chi connectivity index (χ0) is 13.2. The van der Waals surface area contributed by atoms with Crippen LogP contribution in [0.25, 0.3) is 0 Å². The maximum absolute atomic E-state index is 11.6. The zero-order valence-electron chi connectivity index (χ0n) is 10.8. The minimum atomic E-state index is -0.0765. The van der Waals surface area contributed by atoms with Crippen LogP contribution in [0.5, 0.6) is 5.75 Å². The second-order valence-corrected chi connectivity index (χ2v) is 4.22. The summed E-state index contributed by atoms with van der Waals surface area (Å²) >= 11 is 0. The third kappa shape index (κ3) is 5.68. The molecule has 0 saturated heterocycles. The molecular weight excluding hydrogens is 230 g/mol. The predicted octanol–water partition coefficient (Wildman–Crippen LogP) is 1.59. The molecule has 100 valence electrons. The van der Waals surface area contributed by atoms with Crippen molar-refractivity contribution in [1.29, 1.82) is 0 Å². The molecule has 1 atom stereocenters. The van der Waals surface area contributed by atoms with Gasteiger partial charge in [0.25, 0.3) is 0 Å². The fourth-order valence-electron chi connectivity index (χ4n) is 1.47. The molecule has 0 bridgehead atoms. The standard InChI is InChI=1S/C14H21NO3/c1-12(14(17)15-9-5-10-16)8-11-18-13-6-3-2-4-7-13/h2-4,6-7,12,16H,5,8-11H2,1H3,(H,15,17). The maximum atomic E-state index is 11.6. The van der Waals surface area contributed by atoms with E-state index in [0.717, 1.165) is 5.75 Å². The first-order chi connectivity index (χ1) is 8.74. The highest BCUT2D eigenvalue weighted by Crippen LogP contribution is 2.10. The van der Waals surface area contributed by atoms with Crippen molar-refractivity contribution in [3.8, 4) is 5.75 Å². The van der Waals surface area contributed by atoms with E-state index < -0.39 is 0 Å². The van der Waals surface area contributed by atoms with Crippen molar-refractivity contribution in [2.45, 2.75) is 19.8 Å². The largest absolute Gasteiger partial charge is 0.494 e.